The van der Waals surface area contributed by atoms with Crippen molar-refractivity contribution in [2.75, 3.05) is 5.32 Å². The first-order chi connectivity index (χ1) is 8.08. The van der Waals surface area contributed by atoms with Gasteiger partial charge in [-0.3, -0.25) is 4.79 Å². The van der Waals surface area contributed by atoms with Gasteiger partial charge in [-0.05, 0) is 42.1 Å². The van der Waals surface area contributed by atoms with Crippen LogP contribution in [0.2, 0.25) is 0 Å². The Morgan fingerprint density at radius 2 is 2.00 bits per heavy atom. The molecule has 0 unspecified atom stereocenters. The molecule has 0 saturated heterocycles. The molecule has 1 aromatic heterocycles. The normalized spacial score (nSPS) is 10.2. The van der Waals surface area contributed by atoms with Gasteiger partial charge in [0.15, 0.2) is 0 Å². The number of carbonyl (C=O) groups excluding carboxylic acids is 1. The molecule has 1 N–H and O–H groups in total. The lowest BCUT2D eigenvalue weighted by atomic mass is 9.95. The van der Waals surface area contributed by atoms with E-state index in [4.69, 9.17) is 7.85 Å². The van der Waals surface area contributed by atoms with Crippen LogP contribution < -0.4 is 10.8 Å². The Hall–Kier alpha value is -1.07. The van der Waals surface area contributed by atoms with Crippen LogP contribution in [-0.4, -0.2) is 13.8 Å². The molecule has 1 heterocycles. The van der Waals surface area contributed by atoms with Gasteiger partial charge in [-0.2, -0.15) is 0 Å². The third-order valence-corrected chi connectivity index (χ3v) is 4.01. The third kappa shape index (κ3) is 2.79. The van der Waals surface area contributed by atoms with Crippen molar-refractivity contribution in [2.45, 2.75) is 6.92 Å². The minimum absolute atomic E-state index is 0.119. The summed E-state index contributed by atoms with van der Waals surface area (Å²) >= 11 is 4.70. The maximum absolute atomic E-state index is 12.0. The minimum Gasteiger partial charge on any atom is -0.321 e. The van der Waals surface area contributed by atoms with Crippen molar-refractivity contribution in [2.24, 2.45) is 0 Å². The first kappa shape index (κ1) is 12.4. The molecule has 2 nitrogen and oxygen atoms in total. The second kappa shape index (κ2) is 5.06. The third-order valence-electron chi connectivity index (χ3n) is 2.39. The lowest BCUT2D eigenvalue weighted by molar-refractivity contribution is 0.103. The summed E-state index contributed by atoms with van der Waals surface area (Å²) in [6.45, 7) is 1.85. The summed E-state index contributed by atoms with van der Waals surface area (Å²) in [4.78, 5) is 12.6. The van der Waals surface area contributed by atoms with E-state index in [-0.39, 0.29) is 5.91 Å². The number of anilines is 1. The van der Waals surface area contributed by atoms with E-state index in [1.165, 1.54) is 11.3 Å². The zero-order valence-corrected chi connectivity index (χ0v) is 11.6. The molecule has 0 saturated carbocycles. The second-order valence-electron chi connectivity index (χ2n) is 3.61. The maximum Gasteiger partial charge on any atom is 0.265 e. The first-order valence-electron chi connectivity index (χ1n) is 4.98. The Morgan fingerprint density at radius 1 is 1.35 bits per heavy atom. The maximum atomic E-state index is 12.0. The van der Waals surface area contributed by atoms with Gasteiger partial charge in [-0.25, -0.2) is 0 Å². The van der Waals surface area contributed by atoms with E-state index in [9.17, 15) is 4.79 Å². The molecule has 0 aliphatic heterocycles. The average Bonchev–Trinajstić information content (AvgIpc) is 2.63. The smallest absolute Gasteiger partial charge is 0.265 e. The molecule has 0 spiro atoms. The largest absolute Gasteiger partial charge is 0.321 e. The number of hydrogen-bond acceptors (Lipinski definition) is 2. The summed E-state index contributed by atoms with van der Waals surface area (Å²) in [7, 11) is 5.72. The van der Waals surface area contributed by atoms with Crippen LogP contribution >= 0.6 is 27.3 Å². The molecule has 17 heavy (non-hydrogen) atoms. The molecule has 2 aromatic rings. The van der Waals surface area contributed by atoms with Crippen molar-refractivity contribution < 1.29 is 4.79 Å². The zero-order chi connectivity index (χ0) is 12.4. The lowest BCUT2D eigenvalue weighted by Gasteiger charge is -2.04. The number of rotatable bonds is 2. The fourth-order valence-electron chi connectivity index (χ4n) is 1.38. The monoisotopic (exact) mass is 305 g/mol. The van der Waals surface area contributed by atoms with E-state index < -0.39 is 0 Å². The van der Waals surface area contributed by atoms with Gasteiger partial charge >= 0.3 is 0 Å². The molecular formula is C12H9BBrNOS. The topological polar surface area (TPSA) is 29.1 Å². The van der Waals surface area contributed by atoms with Gasteiger partial charge in [0, 0.05) is 10.2 Å². The molecule has 0 atom stereocenters. The Balaban J connectivity index is 2.17. The second-order valence-corrected chi connectivity index (χ2v) is 5.40. The zero-order valence-electron chi connectivity index (χ0n) is 9.16. The molecule has 0 fully saturated rings. The first-order valence-corrected chi connectivity index (χ1v) is 6.65. The number of thiophene rings is 1. The van der Waals surface area contributed by atoms with Gasteiger partial charge in [0.25, 0.3) is 5.91 Å². The fraction of sp³-hybridized carbons (Fsp3) is 0.0833. The SMILES string of the molecule is [B]c1csc(C(=O)Nc2ccc(Br)cc2)c1C. The van der Waals surface area contributed by atoms with Crippen LogP contribution in [-0.2, 0) is 0 Å². The summed E-state index contributed by atoms with van der Waals surface area (Å²) in [5.41, 5.74) is 2.27. The van der Waals surface area contributed by atoms with E-state index in [0.717, 1.165) is 15.7 Å². The number of amides is 1. The Kier molecular flexibility index (Phi) is 3.69. The van der Waals surface area contributed by atoms with Crippen LogP contribution in [0.15, 0.2) is 34.1 Å². The van der Waals surface area contributed by atoms with E-state index in [0.29, 0.717) is 10.3 Å². The summed E-state index contributed by atoms with van der Waals surface area (Å²) < 4.78 is 0.979. The van der Waals surface area contributed by atoms with Crippen LogP contribution in [0.1, 0.15) is 15.2 Å². The van der Waals surface area contributed by atoms with Crippen molar-refractivity contribution >= 4 is 52.2 Å². The minimum atomic E-state index is -0.119. The fourth-order valence-corrected chi connectivity index (χ4v) is 2.51. The number of benzene rings is 1. The van der Waals surface area contributed by atoms with Gasteiger partial charge in [0.05, 0.1) is 4.88 Å². The van der Waals surface area contributed by atoms with Crippen molar-refractivity contribution in [3.8, 4) is 0 Å². The summed E-state index contributed by atoms with van der Waals surface area (Å²) in [5.74, 6) is -0.119. The molecule has 2 rings (SSSR count). The molecule has 5 heteroatoms. The highest BCUT2D eigenvalue weighted by Crippen LogP contribution is 2.18. The van der Waals surface area contributed by atoms with E-state index in [1.54, 1.807) is 5.38 Å². The van der Waals surface area contributed by atoms with E-state index >= 15 is 0 Å². The molecule has 0 aliphatic carbocycles. The molecule has 0 aliphatic rings. The van der Waals surface area contributed by atoms with E-state index in [1.807, 2.05) is 31.2 Å². The molecule has 1 aromatic carbocycles. The highest BCUT2D eigenvalue weighted by molar-refractivity contribution is 9.10. The Morgan fingerprint density at radius 3 is 2.53 bits per heavy atom. The number of hydrogen-bond donors (Lipinski definition) is 1. The quantitative estimate of drug-likeness (QED) is 0.849. The Bertz CT molecular complexity index is 550. The predicted octanol–water partition coefficient (Wildman–Crippen LogP) is 2.87. The lowest BCUT2D eigenvalue weighted by Crippen LogP contribution is -2.13. The van der Waals surface area contributed by atoms with Crippen LogP contribution in [0.25, 0.3) is 0 Å². The molecule has 0 bridgehead atoms. The van der Waals surface area contributed by atoms with Crippen molar-refractivity contribution in [1.29, 1.82) is 0 Å². The summed E-state index contributed by atoms with van der Waals surface area (Å²) in [5, 5.41) is 4.62. The van der Waals surface area contributed by atoms with E-state index in [2.05, 4.69) is 21.2 Å². The number of halogens is 1. The molecule has 1 amide bonds. The summed E-state index contributed by atoms with van der Waals surface area (Å²) in [6, 6.07) is 7.44. The van der Waals surface area contributed by atoms with Crippen LogP contribution in [0, 0.1) is 6.92 Å². The molecule has 2 radical (unpaired) electrons. The van der Waals surface area contributed by atoms with Gasteiger partial charge in [-0.15, -0.1) is 11.3 Å². The number of nitrogens with one attached hydrogen (secondary N) is 1. The number of carbonyl (C=O) groups is 1. The van der Waals surface area contributed by atoms with Crippen molar-refractivity contribution in [3.05, 3.63) is 44.6 Å². The average molecular weight is 306 g/mol. The molecular weight excluding hydrogens is 297 g/mol. The standard InChI is InChI=1S/C12H9BBrNOS/c1-7-10(13)6-17-11(7)12(16)15-9-4-2-8(14)3-5-9/h2-6H,1H3,(H,15,16). The van der Waals surface area contributed by atoms with Crippen molar-refractivity contribution in [3.63, 3.8) is 0 Å². The highest BCUT2D eigenvalue weighted by atomic mass is 79.9. The van der Waals surface area contributed by atoms with Crippen LogP contribution in [0.3, 0.4) is 0 Å². The van der Waals surface area contributed by atoms with Gasteiger partial charge in [-0.1, -0.05) is 21.4 Å². The van der Waals surface area contributed by atoms with Gasteiger partial charge < -0.3 is 5.32 Å². The van der Waals surface area contributed by atoms with Crippen LogP contribution in [0.4, 0.5) is 5.69 Å². The van der Waals surface area contributed by atoms with Crippen LogP contribution in [0.5, 0.6) is 0 Å². The Labute approximate surface area is 114 Å². The highest BCUT2D eigenvalue weighted by Gasteiger charge is 2.12. The predicted molar refractivity (Wildman–Crippen MR) is 76.5 cm³/mol. The van der Waals surface area contributed by atoms with Crippen molar-refractivity contribution in [1.82, 2.24) is 0 Å². The van der Waals surface area contributed by atoms with Gasteiger partial charge in [0.2, 0.25) is 0 Å². The van der Waals surface area contributed by atoms with Gasteiger partial charge in [0.1, 0.15) is 7.85 Å². The molecule has 84 valence electrons. The summed E-state index contributed by atoms with van der Waals surface area (Å²) in [6.07, 6.45) is 0.